The molecule has 1 atom stereocenters. The van der Waals surface area contributed by atoms with Crippen LogP contribution < -0.4 is 0 Å². The van der Waals surface area contributed by atoms with Crippen molar-refractivity contribution in [3.63, 3.8) is 0 Å². The Morgan fingerprint density at radius 2 is 1.76 bits per heavy atom. The van der Waals surface area contributed by atoms with Crippen LogP contribution in [0.15, 0.2) is 54.6 Å². The van der Waals surface area contributed by atoms with Gasteiger partial charge in [0.25, 0.3) is 0 Å². The van der Waals surface area contributed by atoms with Crippen LogP contribution in [0.5, 0.6) is 0 Å². The van der Waals surface area contributed by atoms with E-state index in [1.165, 1.54) is 0 Å². The molecule has 1 N–H and O–H groups in total. The Kier molecular flexibility index (Phi) is 4.67. The zero-order valence-corrected chi connectivity index (χ0v) is 13.5. The van der Waals surface area contributed by atoms with Gasteiger partial charge in [0.15, 0.2) is 0 Å². The summed E-state index contributed by atoms with van der Waals surface area (Å²) in [6.45, 7) is 5.58. The molecule has 0 radical (unpaired) electrons. The van der Waals surface area contributed by atoms with Crippen molar-refractivity contribution in [3.8, 4) is 0 Å². The predicted molar refractivity (Wildman–Crippen MR) is 85.3 cm³/mol. The minimum atomic E-state index is -3.80. The van der Waals surface area contributed by atoms with Crippen molar-refractivity contribution < 1.29 is 14.0 Å². The molecule has 0 spiro atoms. The van der Waals surface area contributed by atoms with E-state index in [-0.39, 0.29) is 6.61 Å². The van der Waals surface area contributed by atoms with Crippen molar-refractivity contribution in [3.05, 3.63) is 71.3 Å². The molecule has 0 heterocycles. The van der Waals surface area contributed by atoms with Gasteiger partial charge in [-0.25, -0.2) is 0 Å². The molecule has 4 heteroatoms. The second kappa shape index (κ2) is 6.15. The third kappa shape index (κ3) is 3.62. The van der Waals surface area contributed by atoms with Gasteiger partial charge < -0.3 is 9.42 Å². The molecule has 0 amide bonds. The van der Waals surface area contributed by atoms with Crippen molar-refractivity contribution in [1.82, 2.24) is 0 Å². The molecule has 0 saturated carbocycles. The Morgan fingerprint density at radius 3 is 2.38 bits per heavy atom. The Labute approximate surface area is 126 Å². The summed E-state index contributed by atoms with van der Waals surface area (Å²) in [4.78, 5) is 10.4. The number of rotatable bonds is 5. The van der Waals surface area contributed by atoms with Crippen LogP contribution in [-0.4, -0.2) is 4.89 Å². The highest BCUT2D eigenvalue weighted by Crippen LogP contribution is 2.60. The lowest BCUT2D eigenvalue weighted by Gasteiger charge is -2.30. The normalized spacial score (nSPS) is 14.7. The van der Waals surface area contributed by atoms with Gasteiger partial charge in [-0.3, -0.25) is 4.57 Å². The summed E-state index contributed by atoms with van der Waals surface area (Å²) in [5.74, 6) is 0. The van der Waals surface area contributed by atoms with Crippen molar-refractivity contribution in [2.75, 3.05) is 0 Å². The van der Waals surface area contributed by atoms with Crippen LogP contribution in [0.4, 0.5) is 0 Å². The first-order valence-electron chi connectivity index (χ1n) is 6.91. The molecule has 0 bridgehead atoms. The zero-order chi connectivity index (χ0) is 15.5. The number of hydrogen-bond donors (Lipinski definition) is 1. The first-order valence-corrected chi connectivity index (χ1v) is 8.49. The number of hydrogen-bond acceptors (Lipinski definition) is 2. The van der Waals surface area contributed by atoms with Crippen LogP contribution in [0.3, 0.4) is 0 Å². The quantitative estimate of drug-likeness (QED) is 0.819. The van der Waals surface area contributed by atoms with E-state index >= 15 is 0 Å². The average molecular weight is 304 g/mol. The summed E-state index contributed by atoms with van der Waals surface area (Å²) in [7, 11) is -3.80. The molecule has 0 aliphatic carbocycles. The molecule has 0 aliphatic heterocycles. The van der Waals surface area contributed by atoms with E-state index in [2.05, 4.69) is 0 Å². The molecule has 3 nitrogen and oxygen atoms in total. The van der Waals surface area contributed by atoms with Gasteiger partial charge in [0.1, 0.15) is 0 Å². The van der Waals surface area contributed by atoms with Crippen LogP contribution >= 0.6 is 7.60 Å². The molecule has 21 heavy (non-hydrogen) atoms. The van der Waals surface area contributed by atoms with Crippen LogP contribution in [0.25, 0.3) is 0 Å². The molecule has 0 fully saturated rings. The topological polar surface area (TPSA) is 46.5 Å². The lowest BCUT2D eigenvalue weighted by molar-refractivity contribution is 0.230. The number of benzene rings is 2. The van der Waals surface area contributed by atoms with E-state index in [0.717, 1.165) is 16.7 Å². The molecule has 2 aromatic rings. The molecule has 0 saturated heterocycles. The maximum Gasteiger partial charge on any atom is 0.338 e. The highest BCUT2D eigenvalue weighted by atomic mass is 31.2. The van der Waals surface area contributed by atoms with Gasteiger partial charge in [0.05, 0.1) is 11.8 Å². The van der Waals surface area contributed by atoms with Gasteiger partial charge in [-0.05, 0) is 31.9 Å². The van der Waals surface area contributed by atoms with Gasteiger partial charge in [-0.15, -0.1) is 0 Å². The lowest BCUT2D eigenvalue weighted by Crippen LogP contribution is -2.19. The summed E-state index contributed by atoms with van der Waals surface area (Å²) in [6, 6.07) is 17.0. The first-order chi connectivity index (χ1) is 9.83. The lowest BCUT2D eigenvalue weighted by atomic mass is 10.0. The minimum absolute atomic E-state index is 0.131. The van der Waals surface area contributed by atoms with Crippen molar-refractivity contribution in [2.24, 2.45) is 0 Å². The van der Waals surface area contributed by atoms with Crippen molar-refractivity contribution in [1.29, 1.82) is 0 Å². The SMILES string of the molecule is Cc1cccc(COP(=O)(O)C(C)(C)c2ccccc2)c1. The summed E-state index contributed by atoms with van der Waals surface area (Å²) in [6.07, 6.45) is 0. The van der Waals surface area contributed by atoms with E-state index in [9.17, 15) is 9.46 Å². The molecular weight excluding hydrogens is 283 g/mol. The first kappa shape index (κ1) is 16.0. The molecule has 2 aromatic carbocycles. The van der Waals surface area contributed by atoms with Gasteiger partial charge in [-0.2, -0.15) is 0 Å². The van der Waals surface area contributed by atoms with Gasteiger partial charge in [0.2, 0.25) is 0 Å². The van der Waals surface area contributed by atoms with E-state index in [0.29, 0.717) is 0 Å². The highest BCUT2D eigenvalue weighted by Gasteiger charge is 2.42. The van der Waals surface area contributed by atoms with Crippen molar-refractivity contribution in [2.45, 2.75) is 32.5 Å². The molecule has 0 aromatic heterocycles. The van der Waals surface area contributed by atoms with E-state index in [4.69, 9.17) is 4.52 Å². The largest absolute Gasteiger partial charge is 0.338 e. The maximum absolute atomic E-state index is 12.6. The molecule has 0 aliphatic rings. The molecular formula is C17H21O3P. The smallest absolute Gasteiger partial charge is 0.324 e. The average Bonchev–Trinajstić information content (AvgIpc) is 2.46. The van der Waals surface area contributed by atoms with Gasteiger partial charge >= 0.3 is 7.60 Å². The molecule has 112 valence electrons. The fraction of sp³-hybridized carbons (Fsp3) is 0.294. The Hall–Kier alpha value is -1.41. The standard InChI is InChI=1S/C17H21O3P/c1-14-8-7-9-15(12-14)13-20-21(18,19)17(2,3)16-10-5-4-6-11-16/h4-12H,13H2,1-3H3,(H,18,19). The molecule has 1 unspecified atom stereocenters. The molecule has 2 rings (SSSR count). The minimum Gasteiger partial charge on any atom is -0.324 e. The fourth-order valence-electron chi connectivity index (χ4n) is 2.13. The van der Waals surface area contributed by atoms with E-state index < -0.39 is 12.8 Å². The van der Waals surface area contributed by atoms with E-state index in [1.54, 1.807) is 13.8 Å². The van der Waals surface area contributed by atoms with Crippen LogP contribution in [0.1, 0.15) is 30.5 Å². The Morgan fingerprint density at radius 1 is 1.10 bits per heavy atom. The van der Waals surface area contributed by atoms with Crippen LogP contribution in [0, 0.1) is 6.92 Å². The zero-order valence-electron chi connectivity index (χ0n) is 12.6. The van der Waals surface area contributed by atoms with Crippen LogP contribution in [0.2, 0.25) is 0 Å². The second-order valence-electron chi connectivity index (χ2n) is 5.71. The predicted octanol–water partition coefficient (Wildman–Crippen LogP) is 4.63. The third-order valence-electron chi connectivity index (χ3n) is 3.68. The second-order valence-corrected chi connectivity index (χ2v) is 8.12. The summed E-state index contributed by atoms with van der Waals surface area (Å²) >= 11 is 0. The van der Waals surface area contributed by atoms with Crippen LogP contribution in [-0.2, 0) is 20.9 Å². The summed E-state index contributed by atoms with van der Waals surface area (Å²) in [5, 5.41) is -0.946. The fourth-order valence-corrected chi connectivity index (χ4v) is 3.26. The maximum atomic E-state index is 12.6. The van der Waals surface area contributed by atoms with Crippen molar-refractivity contribution >= 4 is 7.60 Å². The Bertz CT molecular complexity index is 650. The third-order valence-corrected chi connectivity index (χ3v) is 5.83. The van der Waals surface area contributed by atoms with Gasteiger partial charge in [0, 0.05) is 0 Å². The summed E-state index contributed by atoms with van der Waals surface area (Å²) in [5.41, 5.74) is 2.79. The number of aryl methyl sites for hydroxylation is 1. The highest BCUT2D eigenvalue weighted by molar-refractivity contribution is 7.54. The monoisotopic (exact) mass is 304 g/mol. The van der Waals surface area contributed by atoms with E-state index in [1.807, 2.05) is 61.5 Å². The Balaban J connectivity index is 2.16. The van der Waals surface area contributed by atoms with Gasteiger partial charge in [-0.1, -0.05) is 60.2 Å². The summed E-state index contributed by atoms with van der Waals surface area (Å²) < 4.78 is 18.0.